The summed E-state index contributed by atoms with van der Waals surface area (Å²) in [6.45, 7) is 2.65. The number of hydrogen-bond donors (Lipinski definition) is 0. The van der Waals surface area contributed by atoms with Crippen molar-refractivity contribution >= 4 is 17.2 Å². The molecule has 0 aromatic carbocycles. The number of alkyl halides is 1. The molecule has 1 unspecified atom stereocenters. The van der Waals surface area contributed by atoms with Gasteiger partial charge in [0, 0.05) is 6.20 Å². The minimum Gasteiger partial charge on any atom is -0.492 e. The molecule has 2 rings (SSSR count). The molecule has 1 aromatic rings. The molecule has 17 heavy (non-hydrogen) atoms. The molecular weight excluding hydrogens is 234 g/mol. The van der Waals surface area contributed by atoms with Crippen molar-refractivity contribution in [1.29, 1.82) is 0 Å². The zero-order valence-electron chi connectivity index (χ0n) is 10.2. The number of hydrogen-bond acceptors (Lipinski definition) is 2. The summed E-state index contributed by atoms with van der Waals surface area (Å²) in [6, 6.07) is 2.05. The van der Waals surface area contributed by atoms with Crippen molar-refractivity contribution in [2.75, 3.05) is 6.61 Å². The number of aromatic nitrogens is 1. The van der Waals surface area contributed by atoms with Crippen molar-refractivity contribution in [3.05, 3.63) is 30.1 Å². The van der Waals surface area contributed by atoms with E-state index in [4.69, 9.17) is 16.3 Å². The maximum absolute atomic E-state index is 6.24. The van der Waals surface area contributed by atoms with Crippen molar-refractivity contribution < 1.29 is 4.74 Å². The van der Waals surface area contributed by atoms with Gasteiger partial charge >= 0.3 is 0 Å². The molecule has 0 spiro atoms. The third-order valence-electron chi connectivity index (χ3n) is 2.95. The second-order valence-electron chi connectivity index (χ2n) is 4.30. The van der Waals surface area contributed by atoms with Crippen LogP contribution in [0.4, 0.5) is 0 Å². The average Bonchev–Trinajstić information content (AvgIpc) is 2.55. The molecule has 0 N–H and O–H groups in total. The van der Waals surface area contributed by atoms with Crippen LogP contribution in [0.3, 0.4) is 0 Å². The molecular formula is C14H18ClNO. The Labute approximate surface area is 108 Å². The summed E-state index contributed by atoms with van der Waals surface area (Å²) in [7, 11) is 0. The molecule has 0 saturated carbocycles. The molecule has 0 saturated heterocycles. The highest BCUT2D eigenvalue weighted by molar-refractivity contribution is 6.22. The van der Waals surface area contributed by atoms with E-state index in [0.717, 1.165) is 24.2 Å². The summed E-state index contributed by atoms with van der Waals surface area (Å²) in [5, 5.41) is 0.156. The Balaban J connectivity index is 2.22. The first kappa shape index (κ1) is 12.4. The normalized spacial score (nSPS) is 20.6. The predicted octanol–water partition coefficient (Wildman–Crippen LogP) is 4.05. The second-order valence-corrected chi connectivity index (χ2v) is 4.86. The summed E-state index contributed by atoms with van der Waals surface area (Å²) >= 11 is 6.24. The van der Waals surface area contributed by atoms with Gasteiger partial charge in [-0.15, -0.1) is 11.6 Å². The van der Waals surface area contributed by atoms with Crippen molar-refractivity contribution in [1.82, 2.24) is 4.98 Å². The topological polar surface area (TPSA) is 22.1 Å². The van der Waals surface area contributed by atoms with E-state index in [1.807, 2.05) is 13.1 Å². The summed E-state index contributed by atoms with van der Waals surface area (Å²) in [4.78, 5) is 4.23. The average molecular weight is 252 g/mol. The molecule has 0 fully saturated rings. The highest BCUT2D eigenvalue weighted by atomic mass is 35.5. The van der Waals surface area contributed by atoms with Gasteiger partial charge in [-0.3, -0.25) is 4.98 Å². The summed E-state index contributed by atoms with van der Waals surface area (Å²) in [5.41, 5.74) is 2.44. The number of rotatable bonds is 3. The van der Waals surface area contributed by atoms with Crippen molar-refractivity contribution in [2.45, 2.75) is 38.0 Å². The molecule has 3 heteroatoms. The molecule has 92 valence electrons. The van der Waals surface area contributed by atoms with Gasteiger partial charge in [-0.2, -0.15) is 0 Å². The van der Waals surface area contributed by atoms with Crippen LogP contribution in [0, 0.1) is 0 Å². The molecule has 2 nitrogen and oxygen atoms in total. The molecule has 0 amide bonds. The van der Waals surface area contributed by atoms with Gasteiger partial charge in [0.15, 0.2) is 0 Å². The summed E-state index contributed by atoms with van der Waals surface area (Å²) in [6.07, 6.45) is 10.4. The van der Waals surface area contributed by atoms with Crippen LogP contribution >= 0.6 is 11.6 Å². The van der Waals surface area contributed by atoms with Crippen LogP contribution in [0.1, 0.15) is 38.2 Å². The zero-order valence-corrected chi connectivity index (χ0v) is 10.9. The Morgan fingerprint density at radius 2 is 2.29 bits per heavy atom. The van der Waals surface area contributed by atoms with E-state index >= 15 is 0 Å². The number of halogens is 1. The molecule has 1 aromatic heterocycles. The first-order valence-electron chi connectivity index (χ1n) is 6.22. The fourth-order valence-corrected chi connectivity index (χ4v) is 2.43. The van der Waals surface area contributed by atoms with Crippen LogP contribution in [0.15, 0.2) is 24.5 Å². The molecule has 0 aliphatic heterocycles. The maximum Gasteiger partial charge on any atom is 0.138 e. The fourth-order valence-electron chi connectivity index (χ4n) is 2.12. The van der Waals surface area contributed by atoms with Gasteiger partial charge in [0.05, 0.1) is 18.2 Å². The molecule has 1 atom stereocenters. The van der Waals surface area contributed by atoms with Crippen LogP contribution in [0.2, 0.25) is 0 Å². The second kappa shape index (κ2) is 6.06. The first-order chi connectivity index (χ1) is 8.29. The van der Waals surface area contributed by atoms with E-state index in [0.29, 0.717) is 6.61 Å². The fraction of sp³-hybridized carbons (Fsp3) is 0.500. The van der Waals surface area contributed by atoms with E-state index in [1.165, 1.54) is 18.4 Å². The minimum atomic E-state index is 0.156. The monoisotopic (exact) mass is 251 g/mol. The quantitative estimate of drug-likeness (QED) is 0.757. The summed E-state index contributed by atoms with van der Waals surface area (Å²) in [5.74, 6) is 0.835. The van der Waals surface area contributed by atoms with E-state index in [-0.39, 0.29) is 5.38 Å². The third-order valence-corrected chi connectivity index (χ3v) is 3.30. The predicted molar refractivity (Wildman–Crippen MR) is 71.5 cm³/mol. The molecule has 1 aliphatic carbocycles. The highest BCUT2D eigenvalue weighted by Gasteiger charge is 2.11. The lowest BCUT2D eigenvalue weighted by molar-refractivity contribution is 0.338. The Hall–Kier alpha value is -1.02. The van der Waals surface area contributed by atoms with Gasteiger partial charge in [-0.1, -0.05) is 12.5 Å². The molecule has 0 bridgehead atoms. The lowest BCUT2D eigenvalue weighted by Crippen LogP contribution is -1.95. The standard InChI is InChI=1S/C14H18ClNO/c1-2-17-14-8-12(9-16-10-14)11-5-3-4-6-13(15)7-11/h7-10,13H,2-6H2,1H3. The third kappa shape index (κ3) is 3.47. The largest absolute Gasteiger partial charge is 0.492 e. The van der Waals surface area contributed by atoms with Crippen LogP contribution in [0.5, 0.6) is 5.75 Å². The molecule has 1 heterocycles. The van der Waals surface area contributed by atoms with Crippen LogP contribution in [-0.4, -0.2) is 17.0 Å². The molecule has 0 radical (unpaired) electrons. The Morgan fingerprint density at radius 1 is 1.41 bits per heavy atom. The van der Waals surface area contributed by atoms with Gasteiger partial charge in [0.25, 0.3) is 0 Å². The highest BCUT2D eigenvalue weighted by Crippen LogP contribution is 2.29. The first-order valence-corrected chi connectivity index (χ1v) is 6.66. The number of pyridine rings is 1. The number of ether oxygens (including phenoxy) is 1. The minimum absolute atomic E-state index is 0.156. The van der Waals surface area contributed by atoms with Crippen LogP contribution in [0.25, 0.3) is 5.57 Å². The lowest BCUT2D eigenvalue weighted by Gasteiger charge is -2.08. The Bertz CT molecular complexity index is 403. The molecule has 1 aliphatic rings. The van der Waals surface area contributed by atoms with Crippen LogP contribution in [-0.2, 0) is 0 Å². The summed E-state index contributed by atoms with van der Waals surface area (Å²) < 4.78 is 5.47. The van der Waals surface area contributed by atoms with Crippen molar-refractivity contribution in [3.8, 4) is 5.75 Å². The van der Waals surface area contributed by atoms with E-state index in [9.17, 15) is 0 Å². The Kier molecular flexibility index (Phi) is 4.43. The van der Waals surface area contributed by atoms with E-state index < -0.39 is 0 Å². The SMILES string of the molecule is CCOc1cncc(C2=CC(Cl)CCCC2)c1. The van der Waals surface area contributed by atoms with Crippen molar-refractivity contribution in [2.24, 2.45) is 0 Å². The number of allylic oxidation sites excluding steroid dienone is 2. The number of nitrogens with zero attached hydrogens (tertiary/aromatic N) is 1. The Morgan fingerprint density at radius 3 is 3.12 bits per heavy atom. The van der Waals surface area contributed by atoms with Gasteiger partial charge in [0.1, 0.15) is 5.75 Å². The van der Waals surface area contributed by atoms with Gasteiger partial charge < -0.3 is 4.74 Å². The van der Waals surface area contributed by atoms with E-state index in [1.54, 1.807) is 6.20 Å². The lowest BCUT2D eigenvalue weighted by atomic mass is 10.0. The van der Waals surface area contributed by atoms with E-state index in [2.05, 4.69) is 17.1 Å². The van der Waals surface area contributed by atoms with Gasteiger partial charge in [-0.05, 0) is 43.4 Å². The van der Waals surface area contributed by atoms with Gasteiger partial charge in [-0.25, -0.2) is 0 Å². The van der Waals surface area contributed by atoms with Gasteiger partial charge in [0.2, 0.25) is 0 Å². The smallest absolute Gasteiger partial charge is 0.138 e. The maximum atomic E-state index is 6.24. The van der Waals surface area contributed by atoms with Crippen LogP contribution < -0.4 is 4.74 Å². The zero-order chi connectivity index (χ0) is 12.1. The van der Waals surface area contributed by atoms with Crippen molar-refractivity contribution in [3.63, 3.8) is 0 Å².